The second-order valence-electron chi connectivity index (χ2n) is 7.25. The zero-order valence-corrected chi connectivity index (χ0v) is 18.6. The molecule has 4 rings (SSSR count). The number of carbonyl (C=O) groups excluding carboxylic acids is 1. The summed E-state index contributed by atoms with van der Waals surface area (Å²) in [5, 5.41) is 2.73. The number of aliphatic imine (C=N–C) groups is 1. The Balaban J connectivity index is 1.52. The van der Waals surface area contributed by atoms with Crippen molar-refractivity contribution in [2.45, 2.75) is 23.1 Å². The van der Waals surface area contributed by atoms with Gasteiger partial charge in [0.15, 0.2) is 11.6 Å². The summed E-state index contributed by atoms with van der Waals surface area (Å²) in [7, 11) is 3.04. The van der Waals surface area contributed by atoms with Crippen molar-refractivity contribution in [3.63, 3.8) is 0 Å². The zero-order chi connectivity index (χ0) is 22.5. The summed E-state index contributed by atoms with van der Waals surface area (Å²) in [5.41, 5.74) is 3.11. The Hall–Kier alpha value is -3.32. The highest BCUT2D eigenvalue weighted by Crippen LogP contribution is 2.40. The maximum Gasteiger partial charge on any atom is 0.221 e. The van der Waals surface area contributed by atoms with Crippen molar-refractivity contribution in [1.82, 2.24) is 5.32 Å². The van der Waals surface area contributed by atoms with E-state index in [1.807, 2.05) is 48.5 Å². The Kier molecular flexibility index (Phi) is 6.75. The maximum atomic E-state index is 14.4. The Labute approximate surface area is 190 Å². The van der Waals surface area contributed by atoms with E-state index in [2.05, 4.69) is 5.32 Å². The molecule has 7 heteroatoms. The number of nitrogens with zero attached hydrogens (tertiary/aromatic N) is 1. The Morgan fingerprint density at radius 3 is 2.56 bits per heavy atom. The molecule has 0 saturated carbocycles. The number of fused-ring (bicyclic) bond motifs is 1. The van der Waals surface area contributed by atoms with Crippen molar-refractivity contribution in [2.75, 3.05) is 14.2 Å². The summed E-state index contributed by atoms with van der Waals surface area (Å²) in [6.07, 6.45) is 0.224. The number of rotatable bonds is 7. The molecule has 1 aliphatic heterocycles. The molecule has 3 aromatic carbocycles. The fourth-order valence-electron chi connectivity index (χ4n) is 3.46. The lowest BCUT2D eigenvalue weighted by molar-refractivity contribution is -0.121. The molecule has 1 amide bonds. The normalized spacial score (nSPS) is 14.8. The van der Waals surface area contributed by atoms with E-state index in [1.54, 1.807) is 31.0 Å². The lowest BCUT2D eigenvalue weighted by atomic mass is 10.0. The molecule has 32 heavy (non-hydrogen) atoms. The number of halogens is 1. The van der Waals surface area contributed by atoms with E-state index in [1.165, 1.54) is 13.2 Å². The lowest BCUT2D eigenvalue weighted by Gasteiger charge is -2.24. The molecular weight excluding hydrogens is 427 g/mol. The van der Waals surface area contributed by atoms with E-state index in [-0.39, 0.29) is 23.3 Å². The Morgan fingerprint density at radius 1 is 1.06 bits per heavy atom. The topological polar surface area (TPSA) is 59.9 Å². The van der Waals surface area contributed by atoms with Gasteiger partial charge in [-0.3, -0.25) is 9.79 Å². The molecule has 0 bridgehead atoms. The highest BCUT2D eigenvalue weighted by molar-refractivity contribution is 8.01. The average Bonchev–Trinajstić information content (AvgIpc) is 2.82. The molecule has 1 aliphatic rings. The highest BCUT2D eigenvalue weighted by Gasteiger charge is 2.28. The van der Waals surface area contributed by atoms with E-state index in [0.717, 1.165) is 21.9 Å². The predicted molar refractivity (Wildman–Crippen MR) is 125 cm³/mol. The summed E-state index contributed by atoms with van der Waals surface area (Å²) in [6.45, 7) is 0.417. The molecule has 1 heterocycles. The van der Waals surface area contributed by atoms with E-state index in [0.29, 0.717) is 17.8 Å². The van der Waals surface area contributed by atoms with Crippen LogP contribution in [0.1, 0.15) is 17.5 Å². The van der Waals surface area contributed by atoms with Gasteiger partial charge in [0.2, 0.25) is 5.91 Å². The molecule has 1 atom stereocenters. The van der Waals surface area contributed by atoms with Crippen LogP contribution in [0.4, 0.5) is 10.1 Å². The van der Waals surface area contributed by atoms with Crippen molar-refractivity contribution in [3.8, 4) is 11.5 Å². The molecule has 0 spiro atoms. The van der Waals surface area contributed by atoms with Crippen LogP contribution >= 0.6 is 11.8 Å². The fourth-order valence-corrected chi connectivity index (χ4v) is 4.69. The molecule has 3 aromatic rings. The van der Waals surface area contributed by atoms with Gasteiger partial charge in [-0.2, -0.15) is 0 Å². The quantitative estimate of drug-likeness (QED) is 0.541. The van der Waals surface area contributed by atoms with Gasteiger partial charge in [0.25, 0.3) is 0 Å². The third-order valence-electron chi connectivity index (χ3n) is 5.15. The molecule has 0 fully saturated rings. The van der Waals surface area contributed by atoms with Gasteiger partial charge in [0, 0.05) is 23.4 Å². The van der Waals surface area contributed by atoms with E-state index in [4.69, 9.17) is 14.5 Å². The van der Waals surface area contributed by atoms with E-state index < -0.39 is 5.82 Å². The molecule has 0 saturated heterocycles. The zero-order valence-electron chi connectivity index (χ0n) is 17.8. The second kappa shape index (κ2) is 9.87. The largest absolute Gasteiger partial charge is 0.497 e. The number of ether oxygens (including phenoxy) is 2. The summed E-state index contributed by atoms with van der Waals surface area (Å²) >= 11 is 1.57. The molecule has 0 aromatic heterocycles. The molecule has 1 N–H and O–H groups in total. The SMILES string of the molecule is COc1ccc(CNC(=O)CC2Sc3ccccc3N=C2c2ccc(OC)c(F)c2)cc1. The molecular formula is C25H23FN2O3S. The number of hydrogen-bond donors (Lipinski definition) is 1. The molecule has 0 aliphatic carbocycles. The number of benzene rings is 3. The monoisotopic (exact) mass is 450 g/mol. The smallest absolute Gasteiger partial charge is 0.221 e. The first kappa shape index (κ1) is 21.9. The van der Waals surface area contributed by atoms with Gasteiger partial charge in [0.1, 0.15) is 5.75 Å². The standard InChI is InChI=1S/C25H23FN2O3S/c1-30-18-10-7-16(8-11-18)15-27-24(29)14-23-25(17-9-12-21(31-2)19(26)13-17)28-20-5-3-4-6-22(20)32-23/h3-13,23H,14-15H2,1-2H3,(H,27,29). The molecule has 0 radical (unpaired) electrons. The fraction of sp³-hybridized carbons (Fsp3) is 0.200. The lowest BCUT2D eigenvalue weighted by Crippen LogP contribution is -2.31. The first-order valence-corrected chi connectivity index (χ1v) is 11.0. The summed E-state index contributed by atoms with van der Waals surface area (Å²) < 4.78 is 24.6. The third kappa shape index (κ3) is 4.94. The van der Waals surface area contributed by atoms with Crippen molar-refractivity contribution < 1.29 is 18.7 Å². The van der Waals surface area contributed by atoms with Gasteiger partial charge in [0.05, 0.1) is 30.9 Å². The molecule has 5 nitrogen and oxygen atoms in total. The minimum atomic E-state index is -0.459. The van der Waals surface area contributed by atoms with Gasteiger partial charge in [-0.05, 0) is 48.0 Å². The van der Waals surface area contributed by atoms with Crippen LogP contribution in [0.15, 0.2) is 76.6 Å². The number of thioether (sulfide) groups is 1. The molecule has 164 valence electrons. The number of para-hydroxylation sites is 1. The van der Waals surface area contributed by atoms with E-state index >= 15 is 0 Å². The van der Waals surface area contributed by atoms with Gasteiger partial charge < -0.3 is 14.8 Å². The summed E-state index contributed by atoms with van der Waals surface area (Å²) in [6, 6.07) is 20.1. The van der Waals surface area contributed by atoms with Crippen molar-refractivity contribution in [3.05, 3.63) is 83.7 Å². The minimum Gasteiger partial charge on any atom is -0.497 e. The highest BCUT2D eigenvalue weighted by atomic mass is 32.2. The van der Waals surface area contributed by atoms with Crippen LogP contribution < -0.4 is 14.8 Å². The van der Waals surface area contributed by atoms with Crippen molar-refractivity contribution >= 4 is 29.1 Å². The van der Waals surface area contributed by atoms with Crippen molar-refractivity contribution in [2.24, 2.45) is 4.99 Å². The Morgan fingerprint density at radius 2 is 1.84 bits per heavy atom. The van der Waals surface area contributed by atoms with Crippen LogP contribution in [-0.2, 0) is 11.3 Å². The minimum absolute atomic E-state index is 0.0978. The van der Waals surface area contributed by atoms with Gasteiger partial charge in [-0.1, -0.05) is 24.3 Å². The first-order chi connectivity index (χ1) is 15.6. The van der Waals surface area contributed by atoms with Gasteiger partial charge in [-0.25, -0.2) is 4.39 Å². The number of hydrogen-bond acceptors (Lipinski definition) is 5. The number of nitrogens with one attached hydrogen (secondary N) is 1. The first-order valence-electron chi connectivity index (χ1n) is 10.1. The van der Waals surface area contributed by atoms with Crippen LogP contribution in [0, 0.1) is 5.82 Å². The van der Waals surface area contributed by atoms with Crippen LogP contribution in [0.3, 0.4) is 0 Å². The maximum absolute atomic E-state index is 14.4. The number of carbonyl (C=O) groups is 1. The third-order valence-corrected chi connectivity index (χ3v) is 6.42. The number of methoxy groups -OCH3 is 2. The van der Waals surface area contributed by atoms with Crippen LogP contribution in [0.2, 0.25) is 0 Å². The van der Waals surface area contributed by atoms with Crippen LogP contribution in [0.5, 0.6) is 11.5 Å². The summed E-state index contributed by atoms with van der Waals surface area (Å²) in [5.74, 6) is 0.385. The van der Waals surface area contributed by atoms with Crippen LogP contribution in [-0.4, -0.2) is 31.1 Å². The number of amides is 1. The predicted octanol–water partition coefficient (Wildman–Crippen LogP) is 5.14. The van der Waals surface area contributed by atoms with Gasteiger partial charge >= 0.3 is 0 Å². The second-order valence-corrected chi connectivity index (χ2v) is 8.49. The van der Waals surface area contributed by atoms with Crippen LogP contribution in [0.25, 0.3) is 0 Å². The molecule has 1 unspecified atom stereocenters. The van der Waals surface area contributed by atoms with Crippen molar-refractivity contribution in [1.29, 1.82) is 0 Å². The van der Waals surface area contributed by atoms with Gasteiger partial charge in [-0.15, -0.1) is 11.8 Å². The average molecular weight is 451 g/mol. The summed E-state index contributed by atoms with van der Waals surface area (Å²) in [4.78, 5) is 18.5. The van der Waals surface area contributed by atoms with E-state index in [9.17, 15) is 9.18 Å². The Bertz CT molecular complexity index is 1150.